The minimum Gasteiger partial charge on any atom is -0.355 e. The van der Waals surface area contributed by atoms with Crippen LogP contribution in [0.4, 0.5) is 0 Å². The lowest BCUT2D eigenvalue weighted by Gasteiger charge is -2.34. The Morgan fingerprint density at radius 1 is 1.10 bits per heavy atom. The van der Waals surface area contributed by atoms with Gasteiger partial charge in [0.1, 0.15) is 0 Å². The molecule has 1 aromatic heterocycles. The monoisotopic (exact) mass is 397 g/mol. The average molecular weight is 398 g/mol. The summed E-state index contributed by atoms with van der Waals surface area (Å²) in [6.45, 7) is 8.32. The van der Waals surface area contributed by atoms with Gasteiger partial charge in [0, 0.05) is 72.2 Å². The van der Waals surface area contributed by atoms with Crippen molar-refractivity contribution in [2.24, 2.45) is 4.99 Å². The molecular weight excluding hydrogens is 366 g/mol. The molecular formula is C21H31N7O. The van der Waals surface area contributed by atoms with Gasteiger partial charge in [0.15, 0.2) is 5.96 Å². The summed E-state index contributed by atoms with van der Waals surface area (Å²) in [6.07, 6.45) is 3.77. The van der Waals surface area contributed by atoms with Crippen molar-refractivity contribution in [2.45, 2.75) is 20.0 Å². The van der Waals surface area contributed by atoms with Gasteiger partial charge in [0.05, 0.1) is 6.54 Å². The maximum Gasteiger partial charge on any atom is 0.219 e. The Balaban J connectivity index is 1.43. The smallest absolute Gasteiger partial charge is 0.219 e. The number of aliphatic imine (C=N–C) groups is 1. The molecule has 1 aliphatic rings. The second kappa shape index (κ2) is 10.6. The molecule has 0 unspecified atom stereocenters. The fourth-order valence-corrected chi connectivity index (χ4v) is 3.47. The van der Waals surface area contributed by atoms with Gasteiger partial charge in [0.25, 0.3) is 0 Å². The molecule has 0 radical (unpaired) electrons. The lowest BCUT2D eigenvalue weighted by Crippen LogP contribution is -2.50. The number of nitrogens with one attached hydrogen (secondary N) is 2. The summed E-state index contributed by atoms with van der Waals surface area (Å²) in [6, 6.07) is 10.3. The van der Waals surface area contributed by atoms with Crippen molar-refractivity contribution in [3.8, 4) is 0 Å². The summed E-state index contributed by atoms with van der Waals surface area (Å²) in [5.74, 6) is 0.960. The second-order valence-corrected chi connectivity index (χ2v) is 7.17. The molecule has 1 saturated heterocycles. The van der Waals surface area contributed by atoms with Crippen LogP contribution in [0.2, 0.25) is 0 Å². The van der Waals surface area contributed by atoms with Crippen LogP contribution >= 0.6 is 0 Å². The Morgan fingerprint density at radius 3 is 2.52 bits per heavy atom. The van der Waals surface area contributed by atoms with Crippen LogP contribution in [0.5, 0.6) is 0 Å². The Hall–Kier alpha value is -2.87. The predicted molar refractivity (Wildman–Crippen MR) is 115 cm³/mol. The molecule has 2 heterocycles. The fourth-order valence-electron chi connectivity index (χ4n) is 3.47. The highest BCUT2D eigenvalue weighted by atomic mass is 16.2. The highest BCUT2D eigenvalue weighted by molar-refractivity contribution is 5.79. The number of rotatable bonds is 7. The van der Waals surface area contributed by atoms with Gasteiger partial charge < -0.3 is 15.5 Å². The minimum absolute atomic E-state index is 0.167. The number of carbonyl (C=O) groups is 1. The SMILES string of the molecule is CN=C(NCCN1CCN(C(C)=O)CC1)NCc1ccccc1Cn1cccn1. The highest BCUT2D eigenvalue weighted by Gasteiger charge is 2.17. The minimum atomic E-state index is 0.167. The normalized spacial score (nSPS) is 15.4. The van der Waals surface area contributed by atoms with E-state index in [2.05, 4.69) is 49.9 Å². The van der Waals surface area contributed by atoms with Gasteiger partial charge in [-0.1, -0.05) is 24.3 Å². The number of amides is 1. The summed E-state index contributed by atoms with van der Waals surface area (Å²) in [4.78, 5) is 20.0. The third-order valence-electron chi connectivity index (χ3n) is 5.22. The first-order valence-electron chi connectivity index (χ1n) is 10.1. The average Bonchev–Trinajstić information content (AvgIpc) is 3.25. The zero-order valence-corrected chi connectivity index (χ0v) is 17.3. The number of guanidine groups is 1. The van der Waals surface area contributed by atoms with Crippen LogP contribution in [-0.4, -0.2) is 77.8 Å². The molecule has 8 heteroatoms. The lowest BCUT2D eigenvalue weighted by molar-refractivity contribution is -0.130. The summed E-state index contributed by atoms with van der Waals surface area (Å²) in [5, 5.41) is 11.1. The Kier molecular flexibility index (Phi) is 7.63. The van der Waals surface area contributed by atoms with Crippen molar-refractivity contribution >= 4 is 11.9 Å². The number of piperazine rings is 1. The van der Waals surface area contributed by atoms with Crippen LogP contribution < -0.4 is 10.6 Å². The van der Waals surface area contributed by atoms with E-state index in [0.29, 0.717) is 6.54 Å². The van der Waals surface area contributed by atoms with E-state index in [1.165, 1.54) is 11.1 Å². The molecule has 1 amide bonds. The van der Waals surface area contributed by atoms with Crippen molar-refractivity contribution < 1.29 is 4.79 Å². The van der Waals surface area contributed by atoms with Gasteiger partial charge in [-0.25, -0.2) is 0 Å². The van der Waals surface area contributed by atoms with E-state index in [-0.39, 0.29) is 5.91 Å². The van der Waals surface area contributed by atoms with Crippen LogP contribution in [0.25, 0.3) is 0 Å². The molecule has 8 nitrogen and oxygen atoms in total. The molecule has 3 rings (SSSR count). The molecule has 0 bridgehead atoms. The topological polar surface area (TPSA) is 77.8 Å². The van der Waals surface area contributed by atoms with Gasteiger partial charge in [-0.3, -0.25) is 19.4 Å². The fraction of sp³-hybridized carbons (Fsp3) is 0.476. The Bertz CT molecular complexity index is 795. The van der Waals surface area contributed by atoms with E-state index >= 15 is 0 Å². The quantitative estimate of drug-likeness (QED) is 0.533. The van der Waals surface area contributed by atoms with Crippen LogP contribution in [0.3, 0.4) is 0 Å². The second-order valence-electron chi connectivity index (χ2n) is 7.17. The predicted octanol–water partition coefficient (Wildman–Crippen LogP) is 0.761. The molecule has 29 heavy (non-hydrogen) atoms. The van der Waals surface area contributed by atoms with Crippen LogP contribution in [-0.2, 0) is 17.9 Å². The molecule has 0 spiro atoms. The molecule has 156 valence electrons. The molecule has 0 saturated carbocycles. The van der Waals surface area contributed by atoms with Crippen LogP contribution in [0, 0.1) is 0 Å². The van der Waals surface area contributed by atoms with E-state index in [0.717, 1.165) is 51.8 Å². The van der Waals surface area contributed by atoms with Crippen molar-refractivity contribution in [3.63, 3.8) is 0 Å². The van der Waals surface area contributed by atoms with E-state index in [1.807, 2.05) is 21.8 Å². The van der Waals surface area contributed by atoms with Crippen LogP contribution in [0.1, 0.15) is 18.1 Å². The Morgan fingerprint density at radius 2 is 1.86 bits per heavy atom. The third-order valence-corrected chi connectivity index (χ3v) is 5.22. The molecule has 1 aromatic carbocycles. The number of nitrogens with zero attached hydrogens (tertiary/aromatic N) is 5. The molecule has 2 N–H and O–H groups in total. The number of benzene rings is 1. The maximum atomic E-state index is 11.4. The molecule has 0 aliphatic carbocycles. The van der Waals surface area contributed by atoms with Gasteiger partial charge in [-0.05, 0) is 17.2 Å². The van der Waals surface area contributed by atoms with Crippen molar-refractivity contribution in [1.82, 2.24) is 30.2 Å². The number of hydrogen-bond donors (Lipinski definition) is 2. The van der Waals surface area contributed by atoms with Gasteiger partial charge in [-0.15, -0.1) is 0 Å². The molecule has 2 aromatic rings. The Labute approximate surface area is 172 Å². The third kappa shape index (κ3) is 6.32. The van der Waals surface area contributed by atoms with Crippen LogP contribution in [0.15, 0.2) is 47.7 Å². The number of carbonyl (C=O) groups excluding carboxylic acids is 1. The summed E-state index contributed by atoms with van der Waals surface area (Å²) in [5.41, 5.74) is 2.47. The van der Waals surface area contributed by atoms with E-state index < -0.39 is 0 Å². The van der Waals surface area contributed by atoms with E-state index in [1.54, 1.807) is 20.2 Å². The zero-order valence-electron chi connectivity index (χ0n) is 17.3. The summed E-state index contributed by atoms with van der Waals surface area (Å²) in [7, 11) is 1.79. The van der Waals surface area contributed by atoms with Gasteiger partial charge in [-0.2, -0.15) is 5.10 Å². The molecule has 0 atom stereocenters. The number of aromatic nitrogens is 2. The maximum absolute atomic E-state index is 11.4. The van der Waals surface area contributed by atoms with E-state index in [9.17, 15) is 4.79 Å². The molecule has 1 fully saturated rings. The summed E-state index contributed by atoms with van der Waals surface area (Å²) >= 11 is 0. The molecule has 1 aliphatic heterocycles. The largest absolute Gasteiger partial charge is 0.355 e. The summed E-state index contributed by atoms with van der Waals surface area (Å²) < 4.78 is 1.93. The van der Waals surface area contributed by atoms with Crippen molar-refractivity contribution in [1.29, 1.82) is 0 Å². The van der Waals surface area contributed by atoms with Gasteiger partial charge >= 0.3 is 0 Å². The van der Waals surface area contributed by atoms with Crippen molar-refractivity contribution in [2.75, 3.05) is 46.3 Å². The zero-order chi connectivity index (χ0) is 20.5. The van der Waals surface area contributed by atoms with Gasteiger partial charge in [0.2, 0.25) is 5.91 Å². The first-order chi connectivity index (χ1) is 14.2. The highest BCUT2D eigenvalue weighted by Crippen LogP contribution is 2.10. The van der Waals surface area contributed by atoms with E-state index in [4.69, 9.17) is 0 Å². The number of hydrogen-bond acceptors (Lipinski definition) is 4. The first-order valence-corrected chi connectivity index (χ1v) is 10.1. The first kappa shape index (κ1) is 20.9. The van der Waals surface area contributed by atoms with Crippen molar-refractivity contribution in [3.05, 3.63) is 53.9 Å². The lowest BCUT2D eigenvalue weighted by atomic mass is 10.1. The standard InChI is InChI=1S/C21H31N7O/c1-18(29)27-14-12-26(13-15-27)11-9-23-21(22-2)24-16-19-6-3-4-7-20(19)17-28-10-5-8-25-28/h3-8,10H,9,11-17H2,1-2H3,(H2,22,23,24).